The first-order valence-electron chi connectivity index (χ1n) is 12.8. The maximum absolute atomic E-state index is 15.7. The van der Waals surface area contributed by atoms with Gasteiger partial charge in [0, 0.05) is 18.7 Å². The van der Waals surface area contributed by atoms with Crippen molar-refractivity contribution in [1.29, 1.82) is 0 Å². The Morgan fingerprint density at radius 2 is 1.67 bits per heavy atom. The molecule has 36 heavy (non-hydrogen) atoms. The predicted octanol–water partition coefficient (Wildman–Crippen LogP) is 6.77. The molecule has 0 unspecified atom stereocenters. The number of nitrogens with zero attached hydrogens (tertiary/aromatic N) is 4. The van der Waals surface area contributed by atoms with E-state index < -0.39 is 17.2 Å². The van der Waals surface area contributed by atoms with Crippen LogP contribution in [0.5, 0.6) is 0 Å². The van der Waals surface area contributed by atoms with Crippen LogP contribution in [0, 0.1) is 23.6 Å². The molecule has 1 aliphatic heterocycles. The van der Waals surface area contributed by atoms with E-state index in [0.29, 0.717) is 35.7 Å². The molecule has 2 aliphatic carbocycles. The van der Waals surface area contributed by atoms with E-state index in [2.05, 4.69) is 9.83 Å². The molecule has 2 heterocycles. The summed E-state index contributed by atoms with van der Waals surface area (Å²) < 4.78 is 31.5. The van der Waals surface area contributed by atoms with Crippen molar-refractivity contribution in [3.63, 3.8) is 0 Å². The van der Waals surface area contributed by atoms with Crippen molar-refractivity contribution in [2.24, 2.45) is 5.41 Å². The van der Waals surface area contributed by atoms with Crippen LogP contribution < -0.4 is 10.5 Å². The highest BCUT2D eigenvalue weighted by molar-refractivity contribution is 5.65. The Morgan fingerprint density at radius 3 is 2.28 bits per heavy atom. The molecule has 0 radical (unpaired) electrons. The fourth-order valence-electron chi connectivity index (χ4n) is 6.00. The van der Waals surface area contributed by atoms with Crippen LogP contribution in [-0.2, 0) is 0 Å². The summed E-state index contributed by atoms with van der Waals surface area (Å²) in [6.07, 6.45) is 9.16. The second-order valence-corrected chi connectivity index (χ2v) is 10.6. The van der Waals surface area contributed by atoms with Gasteiger partial charge in [0.1, 0.15) is 11.6 Å². The fraction of sp³-hybridized carbons (Fsp3) is 0.414. The topological polar surface area (TPSA) is 42.5 Å². The fourth-order valence-corrected chi connectivity index (χ4v) is 6.00. The van der Waals surface area contributed by atoms with Gasteiger partial charge in [0.2, 0.25) is 11.5 Å². The molecule has 3 aromatic rings. The summed E-state index contributed by atoms with van der Waals surface area (Å²) in [5.74, 6) is -0.828. The maximum atomic E-state index is 15.7. The minimum atomic E-state index is -0.884. The smallest absolute Gasteiger partial charge is 0.296 e. The third kappa shape index (κ3) is 3.99. The Hall–Kier alpha value is -3.53. The van der Waals surface area contributed by atoms with Gasteiger partial charge in [-0.05, 0) is 73.6 Å². The normalized spacial score (nSPS) is 19.0. The molecule has 0 bridgehead atoms. The molecule has 3 aliphatic rings. The van der Waals surface area contributed by atoms with Gasteiger partial charge in [-0.15, -0.1) is 0 Å². The summed E-state index contributed by atoms with van der Waals surface area (Å²) in [5.41, 5.74) is 1.43. The van der Waals surface area contributed by atoms with E-state index in [4.69, 9.17) is 6.57 Å². The van der Waals surface area contributed by atoms with E-state index in [1.165, 1.54) is 47.9 Å². The van der Waals surface area contributed by atoms with Crippen LogP contribution in [0.4, 0.5) is 20.3 Å². The van der Waals surface area contributed by atoms with E-state index in [0.717, 1.165) is 25.7 Å². The van der Waals surface area contributed by atoms with Gasteiger partial charge in [-0.2, -0.15) is 4.39 Å². The van der Waals surface area contributed by atoms with E-state index >= 15 is 4.39 Å². The number of benzene rings is 2. The van der Waals surface area contributed by atoms with Crippen molar-refractivity contribution in [2.45, 2.75) is 57.3 Å². The molecular weight excluding hydrogens is 458 g/mol. The molecule has 7 heteroatoms. The number of piperidine rings is 1. The van der Waals surface area contributed by atoms with E-state index in [1.54, 1.807) is 18.2 Å². The SMILES string of the molecule is [C-]#[N+]c1ccc(-c2nc(N3CCC4(CCCC4)CC3)c(F)c(=O)n2-c2ccc(C3CC3)cc2)cc1F. The summed E-state index contributed by atoms with van der Waals surface area (Å²) in [7, 11) is 0. The molecule has 3 fully saturated rings. The minimum absolute atomic E-state index is 0.0309. The standard InChI is InChI=1S/C29H28F2N4O/c1-32-24-11-8-21(18-23(24)30)26-33-27(34-16-14-29(15-17-34)12-2-3-13-29)25(31)28(36)35(26)22-9-6-20(7-10-22)19-4-5-19/h6-11,18-19H,2-5,12-17H2. The number of halogens is 2. The Balaban J connectivity index is 1.45. The van der Waals surface area contributed by atoms with Crippen molar-refractivity contribution in [1.82, 2.24) is 9.55 Å². The lowest BCUT2D eigenvalue weighted by Crippen LogP contribution is -2.41. The number of hydrogen-bond donors (Lipinski definition) is 0. The zero-order valence-electron chi connectivity index (χ0n) is 20.1. The molecular formula is C29H28F2N4O. The van der Waals surface area contributed by atoms with Crippen LogP contribution in [0.3, 0.4) is 0 Å². The second kappa shape index (κ2) is 8.85. The lowest BCUT2D eigenvalue weighted by atomic mass is 9.77. The Morgan fingerprint density at radius 1 is 0.972 bits per heavy atom. The van der Waals surface area contributed by atoms with Crippen LogP contribution in [0.1, 0.15) is 62.8 Å². The summed E-state index contributed by atoms with van der Waals surface area (Å²) in [4.78, 5) is 23.2. The van der Waals surface area contributed by atoms with E-state index in [1.807, 2.05) is 17.0 Å². The maximum Gasteiger partial charge on any atom is 0.296 e. The third-order valence-electron chi connectivity index (χ3n) is 8.33. The van der Waals surface area contributed by atoms with E-state index in [-0.39, 0.29) is 17.3 Å². The molecule has 6 rings (SSSR count). The molecule has 0 atom stereocenters. The Kier molecular flexibility index (Phi) is 5.63. The van der Waals surface area contributed by atoms with Gasteiger partial charge >= 0.3 is 0 Å². The Labute approximate surface area is 209 Å². The molecule has 0 amide bonds. The van der Waals surface area contributed by atoms with E-state index in [9.17, 15) is 9.18 Å². The minimum Gasteiger partial charge on any atom is -0.354 e. The van der Waals surface area contributed by atoms with Gasteiger partial charge in [0.05, 0.1) is 12.3 Å². The van der Waals surface area contributed by atoms with Gasteiger partial charge in [0.25, 0.3) is 5.56 Å². The van der Waals surface area contributed by atoms with Crippen molar-refractivity contribution in [2.75, 3.05) is 18.0 Å². The lowest BCUT2D eigenvalue weighted by Gasteiger charge is -2.40. The first-order chi connectivity index (χ1) is 17.5. The highest BCUT2D eigenvalue weighted by Gasteiger charge is 2.38. The monoisotopic (exact) mass is 486 g/mol. The number of anilines is 1. The van der Waals surface area contributed by atoms with Gasteiger partial charge in [-0.3, -0.25) is 9.36 Å². The van der Waals surface area contributed by atoms with Crippen LogP contribution in [0.2, 0.25) is 0 Å². The first-order valence-corrected chi connectivity index (χ1v) is 12.8. The van der Waals surface area contributed by atoms with Crippen LogP contribution >= 0.6 is 0 Å². The van der Waals surface area contributed by atoms with Crippen LogP contribution in [0.25, 0.3) is 21.9 Å². The Bertz CT molecular complexity index is 1400. The molecule has 2 aromatic carbocycles. The van der Waals surface area contributed by atoms with Crippen molar-refractivity contribution >= 4 is 11.5 Å². The van der Waals surface area contributed by atoms with Gasteiger partial charge in [-0.25, -0.2) is 14.2 Å². The number of rotatable bonds is 4. The average Bonchev–Trinajstić information content (AvgIpc) is 3.66. The van der Waals surface area contributed by atoms with Gasteiger partial charge in [0.15, 0.2) is 5.82 Å². The second-order valence-electron chi connectivity index (χ2n) is 10.6. The summed E-state index contributed by atoms with van der Waals surface area (Å²) in [5, 5.41) is 0. The lowest BCUT2D eigenvalue weighted by molar-refractivity contribution is 0.225. The summed E-state index contributed by atoms with van der Waals surface area (Å²) in [6.45, 7) is 8.45. The first kappa shape index (κ1) is 22.9. The molecule has 1 saturated heterocycles. The quantitative estimate of drug-likeness (QED) is 0.383. The molecule has 1 spiro atoms. The summed E-state index contributed by atoms with van der Waals surface area (Å²) >= 11 is 0. The highest BCUT2D eigenvalue weighted by Crippen LogP contribution is 2.46. The molecule has 184 valence electrons. The zero-order chi connectivity index (χ0) is 24.9. The molecule has 1 aromatic heterocycles. The largest absolute Gasteiger partial charge is 0.354 e. The van der Waals surface area contributed by atoms with Gasteiger partial charge < -0.3 is 4.90 Å². The van der Waals surface area contributed by atoms with Gasteiger partial charge in [-0.1, -0.05) is 37.1 Å². The zero-order valence-corrected chi connectivity index (χ0v) is 20.1. The highest BCUT2D eigenvalue weighted by atomic mass is 19.1. The molecule has 0 N–H and O–H groups in total. The average molecular weight is 487 g/mol. The molecule has 5 nitrogen and oxygen atoms in total. The van der Waals surface area contributed by atoms with Crippen molar-refractivity contribution in [3.05, 3.63) is 81.4 Å². The van der Waals surface area contributed by atoms with Crippen molar-refractivity contribution < 1.29 is 8.78 Å². The van der Waals surface area contributed by atoms with Crippen LogP contribution in [0.15, 0.2) is 47.3 Å². The summed E-state index contributed by atoms with van der Waals surface area (Å²) in [6, 6.07) is 11.7. The molecule has 2 saturated carbocycles. The number of hydrogen-bond acceptors (Lipinski definition) is 3. The predicted molar refractivity (Wildman–Crippen MR) is 136 cm³/mol. The number of aromatic nitrogens is 2. The van der Waals surface area contributed by atoms with Crippen LogP contribution in [-0.4, -0.2) is 22.6 Å². The van der Waals surface area contributed by atoms with Crippen molar-refractivity contribution in [3.8, 4) is 17.1 Å². The third-order valence-corrected chi connectivity index (χ3v) is 8.33.